The summed E-state index contributed by atoms with van der Waals surface area (Å²) in [7, 11) is 3.06. The molecule has 0 spiro atoms. The number of carbonyl (C=O) groups is 4. The molecule has 8 rings (SSSR count). The quantitative estimate of drug-likeness (QED) is 0.185. The van der Waals surface area contributed by atoms with Gasteiger partial charge in [-0.05, 0) is 48.9 Å². The molecule has 16 heteroatoms. The number of carbonyl (C=O) groups excluding carboxylic acids is 2. The van der Waals surface area contributed by atoms with E-state index in [2.05, 4.69) is 5.32 Å². The Labute approximate surface area is 291 Å². The standard InChI is InChI=1S/C33H27Cl3N4O9/c1-32-27(47-3)20(38(2)31(46)48-12-33(34,35)36)10-21(49-32)39-18-6-4-13(29(42)43)8-15(18)23-24-17(11-37-28(24)41)22-16-9-14(30(44)45)5-7-19(16)40(32)26(22)25(23)39/h4-9,20-21,27H,10-12H2,1-3H3,(H,37,41)(H,42,43)(H,44,45)/t20-,21?,27-,32+/m1/s1. The van der Waals surface area contributed by atoms with E-state index in [1.807, 2.05) is 16.1 Å². The van der Waals surface area contributed by atoms with E-state index in [4.69, 9.17) is 49.0 Å². The van der Waals surface area contributed by atoms with Crippen LogP contribution in [0.25, 0.3) is 43.6 Å². The van der Waals surface area contributed by atoms with E-state index >= 15 is 0 Å². The number of nitrogens with zero attached hydrogens (tertiary/aromatic N) is 3. The maximum absolute atomic E-state index is 13.7. The first-order valence-electron chi connectivity index (χ1n) is 15.2. The van der Waals surface area contributed by atoms with Gasteiger partial charge in [-0.3, -0.25) is 4.79 Å². The summed E-state index contributed by atoms with van der Waals surface area (Å²) in [5.41, 5.74) is 2.20. The molecule has 13 nitrogen and oxygen atoms in total. The Morgan fingerprint density at radius 1 is 1.04 bits per heavy atom. The van der Waals surface area contributed by atoms with Crippen molar-refractivity contribution >= 4 is 102 Å². The van der Waals surface area contributed by atoms with Crippen LogP contribution in [0.2, 0.25) is 0 Å². The predicted octanol–water partition coefficient (Wildman–Crippen LogP) is 5.97. The molecule has 3 aromatic carbocycles. The van der Waals surface area contributed by atoms with Gasteiger partial charge in [0.15, 0.2) is 5.72 Å². The van der Waals surface area contributed by atoms with Crippen LogP contribution in [0.1, 0.15) is 56.2 Å². The maximum atomic E-state index is 13.7. The van der Waals surface area contributed by atoms with Crippen molar-refractivity contribution in [1.82, 2.24) is 19.4 Å². The largest absolute Gasteiger partial charge is 0.478 e. The lowest BCUT2D eigenvalue weighted by atomic mass is 9.92. The average Bonchev–Trinajstić information content (AvgIpc) is 3.69. The van der Waals surface area contributed by atoms with Gasteiger partial charge in [-0.1, -0.05) is 34.8 Å². The molecule has 254 valence electrons. The zero-order valence-corrected chi connectivity index (χ0v) is 28.3. The lowest BCUT2D eigenvalue weighted by Crippen LogP contribution is -2.61. The number of hydrogen-bond acceptors (Lipinski definition) is 7. The van der Waals surface area contributed by atoms with E-state index in [0.717, 1.165) is 0 Å². The molecule has 2 amide bonds. The van der Waals surface area contributed by atoms with Crippen molar-refractivity contribution in [2.24, 2.45) is 0 Å². The van der Waals surface area contributed by atoms with Gasteiger partial charge in [0.2, 0.25) is 3.79 Å². The molecular formula is C33H27Cl3N4O9. The summed E-state index contributed by atoms with van der Waals surface area (Å²) in [4.78, 5) is 52.9. The number of aromatic carboxylic acids is 2. The van der Waals surface area contributed by atoms with Crippen molar-refractivity contribution in [3.05, 3.63) is 58.7 Å². The van der Waals surface area contributed by atoms with Crippen molar-refractivity contribution in [3.63, 3.8) is 0 Å². The smallest absolute Gasteiger partial charge is 0.409 e. The molecule has 0 saturated carbocycles. The molecule has 3 aliphatic rings. The summed E-state index contributed by atoms with van der Waals surface area (Å²) in [6.45, 7) is 1.51. The number of amides is 2. The number of hydrogen-bond donors (Lipinski definition) is 3. The third kappa shape index (κ3) is 4.39. The fourth-order valence-electron chi connectivity index (χ4n) is 8.14. The Bertz CT molecular complexity index is 2340. The molecule has 2 bridgehead atoms. The first-order chi connectivity index (χ1) is 23.2. The van der Waals surface area contributed by atoms with Gasteiger partial charge in [-0.25, -0.2) is 14.4 Å². The first kappa shape index (κ1) is 32.0. The van der Waals surface area contributed by atoms with Gasteiger partial charge in [-0.15, -0.1) is 0 Å². The normalized spacial score (nSPS) is 22.9. The molecule has 2 aromatic heterocycles. The number of carboxylic acid groups (broad SMARTS) is 2. The highest BCUT2D eigenvalue weighted by Gasteiger charge is 2.55. The molecular weight excluding hydrogens is 703 g/mol. The Morgan fingerprint density at radius 3 is 2.29 bits per heavy atom. The van der Waals surface area contributed by atoms with Crippen LogP contribution < -0.4 is 5.32 Å². The number of fused-ring (bicyclic) bond motifs is 13. The van der Waals surface area contributed by atoms with Crippen LogP contribution in [0.5, 0.6) is 0 Å². The minimum atomic E-state index is -1.84. The monoisotopic (exact) mass is 728 g/mol. The summed E-state index contributed by atoms with van der Waals surface area (Å²) in [6.07, 6.45) is -2.19. The number of carboxylic acids is 2. The maximum Gasteiger partial charge on any atom is 0.409 e. The Morgan fingerprint density at radius 2 is 1.67 bits per heavy atom. The lowest BCUT2D eigenvalue weighted by molar-refractivity contribution is -0.265. The van der Waals surface area contributed by atoms with Crippen molar-refractivity contribution in [3.8, 4) is 0 Å². The molecule has 1 fully saturated rings. The van der Waals surface area contributed by atoms with Gasteiger partial charge >= 0.3 is 18.0 Å². The topological polar surface area (TPSA) is 162 Å². The number of ether oxygens (including phenoxy) is 3. The fourth-order valence-corrected chi connectivity index (χ4v) is 8.31. The van der Waals surface area contributed by atoms with E-state index in [0.29, 0.717) is 54.7 Å². The van der Waals surface area contributed by atoms with Gasteiger partial charge in [0.1, 0.15) is 18.9 Å². The average molecular weight is 730 g/mol. The van der Waals surface area contributed by atoms with Crippen molar-refractivity contribution < 1.29 is 43.6 Å². The van der Waals surface area contributed by atoms with Crippen molar-refractivity contribution in [2.45, 2.75) is 47.8 Å². The highest BCUT2D eigenvalue weighted by atomic mass is 35.6. The third-order valence-corrected chi connectivity index (χ3v) is 10.3. The first-order valence-corrected chi connectivity index (χ1v) is 16.3. The molecule has 3 N–H and O–H groups in total. The molecule has 3 aliphatic heterocycles. The summed E-state index contributed by atoms with van der Waals surface area (Å²) >= 11 is 17.6. The highest BCUT2D eigenvalue weighted by Crippen LogP contribution is 2.54. The number of alkyl halides is 3. The predicted molar refractivity (Wildman–Crippen MR) is 180 cm³/mol. The number of benzene rings is 3. The molecule has 1 unspecified atom stereocenters. The van der Waals surface area contributed by atoms with Crippen LogP contribution in [0, 0.1) is 0 Å². The van der Waals surface area contributed by atoms with Crippen molar-refractivity contribution in [1.29, 1.82) is 0 Å². The van der Waals surface area contributed by atoms with Crippen LogP contribution >= 0.6 is 34.8 Å². The highest BCUT2D eigenvalue weighted by molar-refractivity contribution is 6.67. The number of rotatable bonds is 5. The Balaban J connectivity index is 1.52. The molecule has 4 atom stereocenters. The van der Waals surface area contributed by atoms with E-state index in [-0.39, 0.29) is 30.0 Å². The van der Waals surface area contributed by atoms with E-state index in [1.165, 1.54) is 24.1 Å². The second-order valence-corrected chi connectivity index (χ2v) is 15.1. The van der Waals surface area contributed by atoms with Gasteiger partial charge in [0, 0.05) is 48.7 Å². The van der Waals surface area contributed by atoms with Gasteiger partial charge in [-0.2, -0.15) is 0 Å². The minimum absolute atomic E-state index is 0.0330. The third-order valence-electron chi connectivity index (χ3n) is 10.0. The number of nitrogens with one attached hydrogen (secondary N) is 1. The van der Waals surface area contributed by atoms with E-state index in [9.17, 15) is 29.4 Å². The number of halogens is 3. The van der Waals surface area contributed by atoms with Crippen LogP contribution in [0.15, 0.2) is 36.4 Å². The molecule has 0 aliphatic carbocycles. The van der Waals surface area contributed by atoms with Gasteiger partial charge < -0.3 is 43.8 Å². The Hall–Kier alpha value is -4.27. The van der Waals surface area contributed by atoms with Crippen LogP contribution in [0.3, 0.4) is 0 Å². The number of likely N-dealkylation sites (N-methyl/N-ethyl adjacent to an activating group) is 1. The summed E-state index contributed by atoms with van der Waals surface area (Å²) in [6, 6.07) is 8.79. The molecule has 0 radical (unpaired) electrons. The summed E-state index contributed by atoms with van der Waals surface area (Å²) in [5.74, 6) is -2.59. The number of methoxy groups -OCH3 is 1. The van der Waals surface area contributed by atoms with Crippen LogP contribution in [-0.2, 0) is 26.5 Å². The Kier molecular flexibility index (Phi) is 6.92. The zero-order valence-electron chi connectivity index (χ0n) is 26.0. The minimum Gasteiger partial charge on any atom is -0.478 e. The van der Waals surface area contributed by atoms with E-state index in [1.54, 1.807) is 31.3 Å². The zero-order chi connectivity index (χ0) is 34.9. The van der Waals surface area contributed by atoms with E-state index < -0.39 is 52.5 Å². The van der Waals surface area contributed by atoms with Gasteiger partial charge in [0.25, 0.3) is 5.91 Å². The van der Waals surface area contributed by atoms with Crippen LogP contribution in [0.4, 0.5) is 4.79 Å². The molecule has 5 aromatic rings. The molecule has 49 heavy (non-hydrogen) atoms. The summed E-state index contributed by atoms with van der Waals surface area (Å²) in [5, 5.41) is 25.1. The van der Waals surface area contributed by atoms with Crippen molar-refractivity contribution in [2.75, 3.05) is 20.8 Å². The van der Waals surface area contributed by atoms with Crippen LogP contribution in [-0.4, -0.2) is 84.9 Å². The number of aromatic nitrogens is 2. The summed E-state index contributed by atoms with van der Waals surface area (Å²) < 4.78 is 20.6. The molecule has 5 heterocycles. The SMILES string of the molecule is CO[C@@H]1[C@H](N(C)C(=O)OCC(Cl)(Cl)Cl)CC2O[C@]1(C)n1c3ccc(C(=O)O)cc3c3c4c(c5c6cc(C(=O)O)ccc6n2c5c31)C(=O)NC4. The second-order valence-electron chi connectivity index (χ2n) is 12.6. The molecule has 1 saturated heterocycles. The fraction of sp³-hybridized carbons (Fsp3) is 0.333. The van der Waals surface area contributed by atoms with Gasteiger partial charge in [0.05, 0.1) is 44.8 Å². The second kappa shape index (κ2) is 10.6. The lowest BCUT2D eigenvalue weighted by Gasteiger charge is -2.50.